The van der Waals surface area contributed by atoms with E-state index in [0.717, 1.165) is 0 Å². The summed E-state index contributed by atoms with van der Waals surface area (Å²) in [7, 11) is -3.70. The van der Waals surface area contributed by atoms with E-state index in [1.54, 1.807) is 6.92 Å². The summed E-state index contributed by atoms with van der Waals surface area (Å²) in [6.07, 6.45) is 0. The maximum Gasteiger partial charge on any atom is 0.238 e. The van der Waals surface area contributed by atoms with Crippen LogP contribution in [-0.4, -0.2) is 15.0 Å². The molecule has 0 atom stereocenters. The van der Waals surface area contributed by atoms with Crippen molar-refractivity contribution < 1.29 is 13.2 Å². The molecule has 1 rings (SSSR count). The van der Waals surface area contributed by atoms with Gasteiger partial charge in [0.15, 0.2) is 0 Å². The summed E-state index contributed by atoms with van der Waals surface area (Å²) in [6, 6.07) is 4.08. The third-order valence-electron chi connectivity index (χ3n) is 1.53. The van der Waals surface area contributed by atoms with Crippen molar-refractivity contribution in [1.82, 2.24) is 0 Å². The summed E-state index contributed by atoms with van der Waals surface area (Å²) in [5.74, 6) is 0.320. The minimum Gasteiger partial charge on any atom is -0.492 e. The molecule has 0 aliphatic carbocycles. The number of ether oxygens (including phenoxy) is 1. The molecule has 0 saturated heterocycles. The van der Waals surface area contributed by atoms with E-state index in [1.165, 1.54) is 18.2 Å². The fourth-order valence-electron chi connectivity index (χ4n) is 0.927. The van der Waals surface area contributed by atoms with Crippen molar-refractivity contribution in [2.75, 3.05) is 6.61 Å². The third kappa shape index (κ3) is 2.60. The molecular weight excluding hydrogens is 226 g/mol. The summed E-state index contributed by atoms with van der Waals surface area (Å²) >= 11 is 5.76. The van der Waals surface area contributed by atoms with E-state index in [2.05, 4.69) is 0 Å². The summed E-state index contributed by atoms with van der Waals surface area (Å²) in [5, 5.41) is 5.31. The lowest BCUT2D eigenvalue weighted by atomic mass is 10.3. The molecule has 2 N–H and O–H groups in total. The lowest BCUT2D eigenvalue weighted by molar-refractivity contribution is 0.339. The highest BCUT2D eigenvalue weighted by Crippen LogP contribution is 2.26. The van der Waals surface area contributed by atoms with Gasteiger partial charge in [-0.25, -0.2) is 13.6 Å². The van der Waals surface area contributed by atoms with Gasteiger partial charge in [-0.1, -0.05) is 11.6 Å². The zero-order valence-corrected chi connectivity index (χ0v) is 9.10. The van der Waals surface area contributed by atoms with Crippen LogP contribution < -0.4 is 9.88 Å². The second-order valence-electron chi connectivity index (χ2n) is 2.57. The van der Waals surface area contributed by atoms with Gasteiger partial charge in [-0.05, 0) is 19.1 Å². The van der Waals surface area contributed by atoms with Crippen LogP contribution in [0.5, 0.6) is 5.75 Å². The smallest absolute Gasteiger partial charge is 0.238 e. The Labute approximate surface area is 87.7 Å². The first-order chi connectivity index (χ1) is 6.45. The molecule has 0 aliphatic heterocycles. The first-order valence-corrected chi connectivity index (χ1v) is 5.82. The van der Waals surface area contributed by atoms with Crippen LogP contribution in [0.3, 0.4) is 0 Å². The molecular formula is C8H10ClNO3S. The standard InChI is InChI=1S/C8H10ClNO3S/c1-2-13-8-5-6(14(10,11)12)3-4-7(8)9/h3-5H,2H2,1H3,(H2,10,11,12). The highest BCUT2D eigenvalue weighted by Gasteiger charge is 2.10. The monoisotopic (exact) mass is 235 g/mol. The first kappa shape index (κ1) is 11.3. The van der Waals surface area contributed by atoms with Crippen LogP contribution in [0.4, 0.5) is 0 Å². The number of hydrogen-bond donors (Lipinski definition) is 1. The summed E-state index contributed by atoms with van der Waals surface area (Å²) in [5.41, 5.74) is 0. The largest absolute Gasteiger partial charge is 0.492 e. The van der Waals surface area contributed by atoms with Crippen molar-refractivity contribution in [2.45, 2.75) is 11.8 Å². The van der Waals surface area contributed by atoms with Gasteiger partial charge in [0.1, 0.15) is 5.75 Å². The van der Waals surface area contributed by atoms with Crippen molar-refractivity contribution in [3.8, 4) is 5.75 Å². The van der Waals surface area contributed by atoms with Gasteiger partial charge in [-0.15, -0.1) is 0 Å². The Hall–Kier alpha value is -0.780. The number of primary sulfonamides is 1. The SMILES string of the molecule is CCOc1cc(S(N)(=O)=O)ccc1Cl. The van der Waals surface area contributed by atoms with Crippen LogP contribution >= 0.6 is 11.6 Å². The minimum absolute atomic E-state index is 0.00894. The number of sulfonamides is 1. The average Bonchev–Trinajstić information content (AvgIpc) is 2.07. The molecule has 78 valence electrons. The van der Waals surface area contributed by atoms with E-state index in [0.29, 0.717) is 17.4 Å². The van der Waals surface area contributed by atoms with Crippen LogP contribution in [0, 0.1) is 0 Å². The highest BCUT2D eigenvalue weighted by molar-refractivity contribution is 7.89. The molecule has 0 unspecified atom stereocenters. The Morgan fingerprint density at radius 3 is 2.64 bits per heavy atom. The topological polar surface area (TPSA) is 69.4 Å². The Morgan fingerprint density at radius 1 is 1.50 bits per heavy atom. The van der Waals surface area contributed by atoms with Gasteiger partial charge in [0.05, 0.1) is 16.5 Å². The van der Waals surface area contributed by atoms with Gasteiger partial charge < -0.3 is 4.74 Å². The molecule has 0 radical (unpaired) electrons. The first-order valence-electron chi connectivity index (χ1n) is 3.90. The molecule has 0 aliphatic rings. The lowest BCUT2D eigenvalue weighted by Crippen LogP contribution is -2.12. The van der Waals surface area contributed by atoms with Gasteiger partial charge in [-0.2, -0.15) is 0 Å². The maximum atomic E-state index is 11.0. The lowest BCUT2D eigenvalue weighted by Gasteiger charge is -2.06. The Bertz CT molecular complexity index is 430. The zero-order valence-electron chi connectivity index (χ0n) is 7.53. The minimum atomic E-state index is -3.70. The van der Waals surface area contributed by atoms with E-state index in [4.69, 9.17) is 21.5 Å². The maximum absolute atomic E-state index is 11.0. The van der Waals surface area contributed by atoms with Crippen LogP contribution in [-0.2, 0) is 10.0 Å². The van der Waals surface area contributed by atoms with Gasteiger partial charge in [0, 0.05) is 6.07 Å². The Morgan fingerprint density at radius 2 is 2.14 bits per heavy atom. The van der Waals surface area contributed by atoms with Crippen LogP contribution in [0.15, 0.2) is 23.1 Å². The predicted molar refractivity (Wildman–Crippen MR) is 54.0 cm³/mol. The summed E-state index contributed by atoms with van der Waals surface area (Å²) < 4.78 is 27.1. The Kier molecular flexibility index (Phi) is 3.36. The van der Waals surface area contributed by atoms with Crippen molar-refractivity contribution in [2.24, 2.45) is 5.14 Å². The van der Waals surface area contributed by atoms with Gasteiger partial charge in [-0.3, -0.25) is 0 Å². The normalized spacial score (nSPS) is 11.4. The number of rotatable bonds is 3. The molecule has 0 amide bonds. The average molecular weight is 236 g/mol. The number of benzene rings is 1. The molecule has 1 aromatic rings. The molecule has 0 aromatic heterocycles. The van der Waals surface area contributed by atoms with E-state index >= 15 is 0 Å². The van der Waals surface area contributed by atoms with Crippen molar-refractivity contribution >= 4 is 21.6 Å². The van der Waals surface area contributed by atoms with E-state index < -0.39 is 10.0 Å². The number of nitrogens with two attached hydrogens (primary N) is 1. The van der Waals surface area contributed by atoms with E-state index in [1.807, 2.05) is 0 Å². The van der Waals surface area contributed by atoms with Gasteiger partial charge in [0.2, 0.25) is 10.0 Å². The third-order valence-corrected chi connectivity index (χ3v) is 2.75. The van der Waals surface area contributed by atoms with Crippen LogP contribution in [0.2, 0.25) is 5.02 Å². The molecule has 0 saturated carbocycles. The van der Waals surface area contributed by atoms with E-state index in [9.17, 15) is 8.42 Å². The zero-order chi connectivity index (χ0) is 10.8. The molecule has 14 heavy (non-hydrogen) atoms. The van der Waals surface area contributed by atoms with Crippen molar-refractivity contribution in [3.63, 3.8) is 0 Å². The second kappa shape index (κ2) is 4.16. The molecule has 0 heterocycles. The highest BCUT2D eigenvalue weighted by atomic mass is 35.5. The molecule has 0 spiro atoms. The molecule has 6 heteroatoms. The van der Waals surface area contributed by atoms with E-state index in [-0.39, 0.29) is 4.90 Å². The van der Waals surface area contributed by atoms with Crippen molar-refractivity contribution in [1.29, 1.82) is 0 Å². The fraction of sp³-hybridized carbons (Fsp3) is 0.250. The number of hydrogen-bond acceptors (Lipinski definition) is 3. The summed E-state index contributed by atoms with van der Waals surface area (Å²) in [4.78, 5) is -0.00894. The number of halogens is 1. The van der Waals surface area contributed by atoms with Crippen molar-refractivity contribution in [3.05, 3.63) is 23.2 Å². The predicted octanol–water partition coefficient (Wildman–Crippen LogP) is 1.39. The molecule has 0 bridgehead atoms. The molecule has 1 aromatic carbocycles. The Balaban J connectivity index is 3.20. The molecule has 4 nitrogen and oxygen atoms in total. The molecule has 0 fully saturated rings. The quantitative estimate of drug-likeness (QED) is 0.861. The fourth-order valence-corrected chi connectivity index (χ4v) is 1.63. The van der Waals surface area contributed by atoms with Gasteiger partial charge in [0.25, 0.3) is 0 Å². The summed E-state index contributed by atoms with van der Waals surface area (Å²) in [6.45, 7) is 2.19. The van der Waals surface area contributed by atoms with Gasteiger partial charge >= 0.3 is 0 Å². The van der Waals surface area contributed by atoms with Crippen LogP contribution in [0.25, 0.3) is 0 Å². The second-order valence-corrected chi connectivity index (χ2v) is 4.54. The van der Waals surface area contributed by atoms with Crippen LogP contribution in [0.1, 0.15) is 6.92 Å².